The van der Waals surface area contributed by atoms with Crippen molar-refractivity contribution in [3.63, 3.8) is 0 Å². The van der Waals surface area contributed by atoms with Crippen molar-refractivity contribution in [2.75, 3.05) is 14.2 Å². The van der Waals surface area contributed by atoms with Crippen LogP contribution in [0.3, 0.4) is 0 Å². The molecule has 0 radical (unpaired) electrons. The second-order valence-electron chi connectivity index (χ2n) is 17.3. The second kappa shape index (κ2) is 22.8. The molecule has 2 saturated heterocycles. The molecule has 0 spiro atoms. The van der Waals surface area contributed by atoms with Gasteiger partial charge in [-0.3, -0.25) is 0 Å². The monoisotopic (exact) mass is 852 g/mol. The van der Waals surface area contributed by atoms with E-state index in [-0.39, 0.29) is 36.4 Å². The Hall–Kier alpha value is -3.12. The van der Waals surface area contributed by atoms with E-state index in [2.05, 4.69) is 0 Å². The number of ether oxygens (including phenoxy) is 7. The van der Waals surface area contributed by atoms with Gasteiger partial charge in [0, 0.05) is 49.5 Å². The van der Waals surface area contributed by atoms with E-state index >= 15 is 0 Å². The van der Waals surface area contributed by atoms with Gasteiger partial charge < -0.3 is 64.4 Å². The average molecular weight is 852 g/mol. The summed E-state index contributed by atoms with van der Waals surface area (Å²) >= 11 is 0. The van der Waals surface area contributed by atoms with E-state index in [9.17, 15) is 35.1 Å². The van der Waals surface area contributed by atoms with Gasteiger partial charge in [-0.2, -0.15) is 0 Å². The summed E-state index contributed by atoms with van der Waals surface area (Å²) in [6.07, 6.45) is 1.54. The van der Waals surface area contributed by atoms with Gasteiger partial charge in [-0.15, -0.1) is 0 Å². The van der Waals surface area contributed by atoms with Gasteiger partial charge in [0.1, 0.15) is 12.2 Å². The minimum atomic E-state index is -1.97. The molecule has 3 heterocycles. The zero-order valence-electron chi connectivity index (χ0n) is 37.5. The van der Waals surface area contributed by atoms with Gasteiger partial charge in [0.05, 0.1) is 49.8 Å². The van der Waals surface area contributed by atoms with E-state index in [4.69, 9.17) is 38.9 Å². The van der Waals surface area contributed by atoms with E-state index in [0.717, 1.165) is 5.57 Å². The van der Waals surface area contributed by atoms with Crippen LogP contribution in [0.4, 0.5) is 4.79 Å². The first kappa shape index (κ1) is 51.2. The molecule has 1 amide bonds. The number of carbonyl (C=O) groups excluding carboxylic acids is 2. The number of rotatable bonds is 10. The van der Waals surface area contributed by atoms with Crippen LogP contribution < -0.4 is 5.73 Å². The van der Waals surface area contributed by atoms with Gasteiger partial charge in [0.25, 0.3) is 0 Å². The van der Waals surface area contributed by atoms with Gasteiger partial charge in [-0.1, -0.05) is 89.1 Å². The molecular weight excluding hydrogens is 778 g/mol. The summed E-state index contributed by atoms with van der Waals surface area (Å²) in [5.74, 6) is -6.06. The first-order chi connectivity index (χ1) is 28.1. The minimum Gasteiger partial charge on any atom is -0.490 e. The van der Waals surface area contributed by atoms with Crippen LogP contribution in [0.5, 0.6) is 0 Å². The summed E-state index contributed by atoms with van der Waals surface area (Å²) in [5.41, 5.74) is 6.76. The highest BCUT2D eigenvalue weighted by molar-refractivity contribution is 5.87. The number of cyclic esters (lactones) is 1. The number of aliphatic hydroxyl groups excluding tert-OH is 4. The standard InChI is InChI=1S/C45H73NO14/c1-13-15-33-27(6)36(57-37-21-32(47)42(31(10)56-37)59-44(46)52)22-45(53,60-33)30(9)40(50)29(8)41-34(54-11)17-14-16-23(2)18-25(4)38(48)28(7)39(49)26(5)19-24(3)20-35(55-12)43(51)58-41/h13-17,19-20,25-34,36-42,47-50,53H,18,21-22H2,1-12H3,(H2,46,52)/b15-13+,17-14?,23-16?,24-19?,35-20?/t25-,26-,27-,28+,29+,30+,31-,32-,33-,34+,36-,37+,38+,39+,40-,41-,42-,45-/m1/s1. The Morgan fingerprint density at radius 2 is 1.72 bits per heavy atom. The Morgan fingerprint density at radius 3 is 2.30 bits per heavy atom. The predicted molar refractivity (Wildman–Crippen MR) is 224 cm³/mol. The lowest BCUT2D eigenvalue weighted by atomic mass is 9.77. The van der Waals surface area contributed by atoms with Crippen molar-refractivity contribution in [2.45, 2.75) is 162 Å². The second-order valence-corrected chi connectivity index (χ2v) is 17.3. The minimum absolute atomic E-state index is 0.0314. The largest absolute Gasteiger partial charge is 0.490 e. The Bertz CT molecular complexity index is 1550. The zero-order chi connectivity index (χ0) is 45.2. The Kier molecular flexibility index (Phi) is 19.5. The summed E-state index contributed by atoms with van der Waals surface area (Å²) in [6, 6.07) is 0. The van der Waals surface area contributed by atoms with Crippen LogP contribution in [0.2, 0.25) is 0 Å². The molecule has 0 bridgehead atoms. The summed E-state index contributed by atoms with van der Waals surface area (Å²) in [6.45, 7) is 18.0. The van der Waals surface area contributed by atoms with Crippen molar-refractivity contribution < 1.29 is 68.3 Å². The van der Waals surface area contributed by atoms with E-state index in [1.54, 1.807) is 58.1 Å². The van der Waals surface area contributed by atoms with Crippen molar-refractivity contribution in [3.8, 4) is 0 Å². The number of carbonyl (C=O) groups is 2. The molecule has 0 saturated carbocycles. The van der Waals surface area contributed by atoms with Crippen LogP contribution in [0.25, 0.3) is 0 Å². The van der Waals surface area contributed by atoms with E-state index < -0.39 is 103 Å². The predicted octanol–water partition coefficient (Wildman–Crippen LogP) is 4.59. The van der Waals surface area contributed by atoms with Crippen molar-refractivity contribution in [1.29, 1.82) is 0 Å². The highest BCUT2D eigenvalue weighted by Gasteiger charge is 2.52. The quantitative estimate of drug-likeness (QED) is 0.131. The van der Waals surface area contributed by atoms with Crippen LogP contribution >= 0.6 is 0 Å². The first-order valence-corrected chi connectivity index (χ1v) is 21.1. The number of nitrogens with two attached hydrogens (primary N) is 1. The highest BCUT2D eigenvalue weighted by atomic mass is 16.7. The number of esters is 1. The van der Waals surface area contributed by atoms with Gasteiger partial charge in [0.2, 0.25) is 5.76 Å². The number of allylic oxidation sites excluding steroid dienone is 6. The lowest BCUT2D eigenvalue weighted by molar-refractivity contribution is -0.338. The molecule has 0 unspecified atom stereocenters. The Morgan fingerprint density at radius 1 is 1.05 bits per heavy atom. The maximum atomic E-state index is 13.9. The molecule has 3 aliphatic rings. The molecule has 15 heteroatoms. The molecule has 3 rings (SSSR count). The molecule has 0 aliphatic carbocycles. The van der Waals surface area contributed by atoms with Gasteiger partial charge in [-0.25, -0.2) is 9.59 Å². The Labute approximate surface area is 356 Å². The smallest absolute Gasteiger partial charge is 0.404 e. The molecule has 342 valence electrons. The molecule has 2 fully saturated rings. The van der Waals surface area contributed by atoms with E-state index in [1.807, 2.05) is 47.6 Å². The third kappa shape index (κ3) is 13.2. The normalized spacial score (nSPS) is 39.5. The van der Waals surface area contributed by atoms with Gasteiger partial charge in [0.15, 0.2) is 18.2 Å². The summed E-state index contributed by atoms with van der Waals surface area (Å²) in [5, 5.41) is 57.6. The fraction of sp³-hybridized carbons (Fsp3) is 0.733. The van der Waals surface area contributed by atoms with E-state index in [1.165, 1.54) is 20.3 Å². The van der Waals surface area contributed by atoms with Gasteiger partial charge in [-0.05, 0) is 46.1 Å². The number of amides is 1. The van der Waals surface area contributed by atoms with Crippen LogP contribution in [0.15, 0.2) is 59.4 Å². The third-order valence-electron chi connectivity index (χ3n) is 12.5. The molecule has 3 aliphatic heterocycles. The highest BCUT2D eigenvalue weighted by Crippen LogP contribution is 2.42. The first-order valence-electron chi connectivity index (χ1n) is 21.1. The third-order valence-corrected chi connectivity index (χ3v) is 12.5. The molecule has 7 N–H and O–H groups in total. The van der Waals surface area contributed by atoms with Crippen LogP contribution in [-0.4, -0.2) is 125 Å². The zero-order valence-corrected chi connectivity index (χ0v) is 37.5. The maximum Gasteiger partial charge on any atom is 0.404 e. The molecular formula is C45H73NO14. The van der Waals surface area contributed by atoms with E-state index in [0.29, 0.717) is 12.0 Å². The number of aliphatic hydroxyl groups is 5. The van der Waals surface area contributed by atoms with Gasteiger partial charge >= 0.3 is 12.1 Å². The van der Waals surface area contributed by atoms with Crippen molar-refractivity contribution >= 4 is 12.1 Å². The van der Waals surface area contributed by atoms with Crippen molar-refractivity contribution in [2.24, 2.45) is 41.2 Å². The average Bonchev–Trinajstić information content (AvgIpc) is 3.18. The number of primary amides is 1. The summed E-state index contributed by atoms with van der Waals surface area (Å²) < 4.78 is 41.3. The molecule has 0 aromatic carbocycles. The fourth-order valence-corrected chi connectivity index (χ4v) is 8.64. The molecule has 0 aromatic rings. The number of methoxy groups -OCH3 is 2. The van der Waals surface area contributed by atoms with Crippen LogP contribution in [0, 0.1) is 35.5 Å². The molecule has 0 aromatic heterocycles. The lowest BCUT2D eigenvalue weighted by Crippen LogP contribution is -2.59. The molecule has 15 nitrogen and oxygen atoms in total. The number of hydrogen-bond donors (Lipinski definition) is 6. The van der Waals surface area contributed by atoms with Crippen LogP contribution in [-0.2, 0) is 38.0 Å². The van der Waals surface area contributed by atoms with Crippen LogP contribution in [0.1, 0.15) is 88.5 Å². The summed E-state index contributed by atoms with van der Waals surface area (Å²) in [4.78, 5) is 25.3. The number of hydrogen-bond acceptors (Lipinski definition) is 14. The topological polar surface area (TPSA) is 226 Å². The Balaban J connectivity index is 1.99. The molecule has 18 atom stereocenters. The maximum absolute atomic E-state index is 13.9. The van der Waals surface area contributed by atoms with Crippen molar-refractivity contribution in [3.05, 3.63) is 59.4 Å². The summed E-state index contributed by atoms with van der Waals surface area (Å²) in [7, 11) is 2.80. The van der Waals surface area contributed by atoms with Crippen molar-refractivity contribution in [1.82, 2.24) is 0 Å². The lowest BCUT2D eigenvalue weighted by Gasteiger charge is -2.49. The fourth-order valence-electron chi connectivity index (χ4n) is 8.64. The molecule has 60 heavy (non-hydrogen) atoms. The SMILES string of the molecule is C/C=C/[C@H]1O[C@@](O)([C@@H](C)[C@H](O)[C@H](C)[C@H]2OC(=O)C(OC)=CC(C)=C[C@@H](C)[C@H](O)[C@@H](C)[C@@H](O)[C@H](C)CC(C)=CC=C[C@@H]2OC)C[C@@H](O[C@H]2C[C@@H](O)[C@H](OC(N)=O)[C@@H](C)O2)[C@@H]1C.